The number of rotatable bonds is 4. The molecule has 0 aliphatic rings. The van der Waals surface area contributed by atoms with Gasteiger partial charge >= 0.3 is 5.97 Å². The number of thiophene rings is 2. The maximum atomic E-state index is 12.7. The fourth-order valence-corrected chi connectivity index (χ4v) is 5.66. The molecule has 0 saturated heterocycles. The van der Waals surface area contributed by atoms with Crippen molar-refractivity contribution in [3.8, 4) is 0 Å². The summed E-state index contributed by atoms with van der Waals surface area (Å²) in [6.45, 7) is 7.68. The van der Waals surface area contributed by atoms with E-state index < -0.39 is 11.4 Å². The van der Waals surface area contributed by atoms with Crippen molar-refractivity contribution in [2.24, 2.45) is 5.41 Å². The van der Waals surface area contributed by atoms with Crippen LogP contribution >= 0.6 is 34.4 Å². The highest BCUT2D eigenvalue weighted by Gasteiger charge is 2.32. The molecule has 114 valence electrons. The molecule has 6 heteroatoms. The average Bonchev–Trinajstić information content (AvgIpc) is 2.94. The molecule has 0 fully saturated rings. The Balaban J connectivity index is 2.68. The molecule has 0 atom stereocenters. The summed E-state index contributed by atoms with van der Waals surface area (Å²) in [6.07, 6.45) is 2.00. The number of ketones is 1. The molecule has 0 aliphatic heterocycles. The first-order valence-electron chi connectivity index (χ1n) is 6.61. The molecule has 0 amide bonds. The molecule has 0 aromatic carbocycles. The van der Waals surface area contributed by atoms with Gasteiger partial charge in [-0.15, -0.1) is 34.4 Å². The van der Waals surface area contributed by atoms with Crippen molar-refractivity contribution in [1.29, 1.82) is 0 Å². The monoisotopic (exact) mass is 342 g/mol. The zero-order valence-electron chi connectivity index (χ0n) is 12.7. The Kier molecular flexibility index (Phi) is 4.80. The first-order chi connectivity index (χ1) is 9.81. The molecule has 0 N–H and O–H groups in total. The first-order valence-corrected chi connectivity index (χ1v) is 9.53. The lowest BCUT2D eigenvalue weighted by atomic mass is 9.89. The van der Waals surface area contributed by atoms with Crippen LogP contribution in [-0.2, 0) is 4.74 Å². The Hall–Kier alpha value is -0.850. The van der Waals surface area contributed by atoms with Crippen molar-refractivity contribution >= 4 is 55.6 Å². The molecule has 0 radical (unpaired) electrons. The van der Waals surface area contributed by atoms with E-state index in [-0.39, 0.29) is 5.78 Å². The van der Waals surface area contributed by atoms with Crippen LogP contribution in [0, 0.1) is 5.41 Å². The van der Waals surface area contributed by atoms with Gasteiger partial charge < -0.3 is 4.74 Å². The number of ether oxygens (including phenoxy) is 1. The first kappa shape index (κ1) is 16.5. The van der Waals surface area contributed by atoms with E-state index >= 15 is 0 Å². The van der Waals surface area contributed by atoms with Crippen molar-refractivity contribution in [3.63, 3.8) is 0 Å². The summed E-state index contributed by atoms with van der Waals surface area (Å²) in [5.74, 6) is -0.406. The van der Waals surface area contributed by atoms with Gasteiger partial charge in [0.1, 0.15) is 0 Å². The average molecular weight is 343 g/mol. The molecule has 2 aromatic heterocycles. The molecular formula is C15H18O3S3. The number of fused-ring (bicyclic) bond motifs is 1. The topological polar surface area (TPSA) is 43.4 Å². The highest BCUT2D eigenvalue weighted by molar-refractivity contribution is 7.99. The van der Waals surface area contributed by atoms with Gasteiger partial charge in [-0.25, -0.2) is 4.79 Å². The Bertz CT molecular complexity index is 689. The van der Waals surface area contributed by atoms with Crippen LogP contribution in [0.4, 0.5) is 0 Å². The minimum atomic E-state index is -0.520. The van der Waals surface area contributed by atoms with Gasteiger partial charge in [0.05, 0.1) is 26.4 Å². The molecule has 2 rings (SSSR count). The van der Waals surface area contributed by atoms with Gasteiger partial charge in [-0.2, -0.15) is 0 Å². The third kappa shape index (κ3) is 3.03. The number of carbonyl (C=O) groups is 2. The minimum absolute atomic E-state index is 0.00833. The molecule has 0 unspecified atom stereocenters. The quantitative estimate of drug-likeness (QED) is 0.441. The Morgan fingerprint density at radius 3 is 2.48 bits per heavy atom. The summed E-state index contributed by atoms with van der Waals surface area (Å²) < 4.78 is 7.04. The SMILES string of the molecule is CCOC(=O)c1c(C(=O)C(C)(C)C)sc2c(SC)csc12. The summed E-state index contributed by atoms with van der Waals surface area (Å²) in [6, 6.07) is 0. The van der Waals surface area contributed by atoms with Crippen LogP contribution in [0.5, 0.6) is 0 Å². The molecule has 2 heterocycles. The molecule has 0 saturated carbocycles. The Labute approximate surface area is 136 Å². The largest absolute Gasteiger partial charge is 0.462 e. The molecule has 0 bridgehead atoms. The summed E-state index contributed by atoms with van der Waals surface area (Å²) in [5.41, 5.74) is -0.0737. The summed E-state index contributed by atoms with van der Waals surface area (Å²) in [7, 11) is 0. The van der Waals surface area contributed by atoms with Gasteiger partial charge in [0.15, 0.2) is 5.78 Å². The fraction of sp³-hybridized carbons (Fsp3) is 0.467. The van der Waals surface area contributed by atoms with Gasteiger partial charge in [0.25, 0.3) is 0 Å². The minimum Gasteiger partial charge on any atom is -0.462 e. The van der Waals surface area contributed by atoms with Crippen LogP contribution in [0.1, 0.15) is 47.7 Å². The smallest absolute Gasteiger partial charge is 0.341 e. The number of carbonyl (C=O) groups excluding carboxylic acids is 2. The zero-order valence-corrected chi connectivity index (χ0v) is 15.2. The van der Waals surface area contributed by atoms with Gasteiger partial charge in [-0.3, -0.25) is 4.79 Å². The summed E-state index contributed by atoms with van der Waals surface area (Å²) in [5, 5.41) is 2.03. The van der Waals surface area contributed by atoms with E-state index in [1.807, 2.05) is 32.4 Å². The van der Waals surface area contributed by atoms with Crippen molar-refractivity contribution in [1.82, 2.24) is 0 Å². The van der Waals surface area contributed by atoms with Crippen molar-refractivity contribution in [2.75, 3.05) is 12.9 Å². The van der Waals surface area contributed by atoms with Gasteiger partial charge in [-0.1, -0.05) is 20.8 Å². The van der Waals surface area contributed by atoms with Crippen LogP contribution in [0.15, 0.2) is 10.3 Å². The lowest BCUT2D eigenvalue weighted by Crippen LogP contribution is -2.21. The number of esters is 1. The van der Waals surface area contributed by atoms with E-state index in [1.165, 1.54) is 22.7 Å². The molecular weight excluding hydrogens is 324 g/mol. The Morgan fingerprint density at radius 1 is 1.29 bits per heavy atom. The maximum Gasteiger partial charge on any atom is 0.341 e. The van der Waals surface area contributed by atoms with Gasteiger partial charge in [0, 0.05) is 15.7 Å². The van der Waals surface area contributed by atoms with E-state index in [1.54, 1.807) is 18.7 Å². The third-order valence-electron chi connectivity index (χ3n) is 2.96. The Morgan fingerprint density at radius 2 is 1.95 bits per heavy atom. The van der Waals surface area contributed by atoms with Crippen LogP contribution in [0.25, 0.3) is 9.40 Å². The maximum absolute atomic E-state index is 12.7. The molecule has 0 spiro atoms. The van der Waals surface area contributed by atoms with E-state index in [0.29, 0.717) is 17.0 Å². The second kappa shape index (κ2) is 6.10. The molecule has 2 aromatic rings. The second-order valence-corrected chi connectivity index (χ2v) is 8.32. The van der Waals surface area contributed by atoms with Gasteiger partial charge in [0.2, 0.25) is 0 Å². The summed E-state index contributed by atoms with van der Waals surface area (Å²) >= 11 is 4.54. The second-order valence-electron chi connectivity index (χ2n) is 5.57. The predicted molar refractivity (Wildman–Crippen MR) is 91.2 cm³/mol. The van der Waals surface area contributed by atoms with Crippen molar-refractivity contribution < 1.29 is 14.3 Å². The fourth-order valence-electron chi connectivity index (χ4n) is 1.89. The van der Waals surface area contributed by atoms with E-state index in [9.17, 15) is 9.59 Å². The number of hydrogen-bond acceptors (Lipinski definition) is 6. The highest BCUT2D eigenvalue weighted by Crippen LogP contribution is 2.43. The van der Waals surface area contributed by atoms with Crippen molar-refractivity contribution in [2.45, 2.75) is 32.6 Å². The molecule has 3 nitrogen and oxygen atoms in total. The molecule has 21 heavy (non-hydrogen) atoms. The van der Waals surface area contributed by atoms with E-state index in [4.69, 9.17) is 4.74 Å². The zero-order chi connectivity index (χ0) is 15.8. The van der Waals surface area contributed by atoms with Gasteiger partial charge in [-0.05, 0) is 13.2 Å². The van der Waals surface area contributed by atoms with Crippen molar-refractivity contribution in [3.05, 3.63) is 15.8 Å². The standard InChI is InChI=1S/C15H18O3S3/c1-6-18-14(17)9-11-10(8(19-5)7-20-11)21-12(9)13(16)15(2,3)4/h7H,6H2,1-5H3. The normalized spacial score (nSPS) is 11.9. The number of Topliss-reactive ketones (excluding diaryl/α,β-unsaturated/α-hetero) is 1. The number of thioether (sulfide) groups is 1. The third-order valence-corrected chi connectivity index (χ3v) is 6.35. The van der Waals surface area contributed by atoms with Crippen LogP contribution in [0.2, 0.25) is 0 Å². The molecule has 0 aliphatic carbocycles. The van der Waals surface area contributed by atoms with Crippen LogP contribution < -0.4 is 0 Å². The number of hydrogen-bond donors (Lipinski definition) is 0. The highest BCUT2D eigenvalue weighted by atomic mass is 32.2. The van der Waals surface area contributed by atoms with E-state index in [2.05, 4.69) is 0 Å². The predicted octanol–water partition coefficient (Wildman–Crippen LogP) is 5.09. The van der Waals surface area contributed by atoms with Crippen LogP contribution in [0.3, 0.4) is 0 Å². The lowest BCUT2D eigenvalue weighted by molar-refractivity contribution is 0.0525. The van der Waals surface area contributed by atoms with Crippen LogP contribution in [-0.4, -0.2) is 24.6 Å². The lowest BCUT2D eigenvalue weighted by Gasteiger charge is -2.16. The van der Waals surface area contributed by atoms with E-state index in [0.717, 1.165) is 14.3 Å². The summed E-state index contributed by atoms with van der Waals surface area (Å²) in [4.78, 5) is 26.6.